The Labute approximate surface area is 114 Å². The molecule has 0 atom stereocenters. The Morgan fingerprint density at radius 2 is 1.95 bits per heavy atom. The molecule has 0 fully saturated rings. The van der Waals surface area contributed by atoms with Gasteiger partial charge in [0.25, 0.3) is 0 Å². The maximum absolute atomic E-state index is 12.1. The van der Waals surface area contributed by atoms with Crippen LogP contribution in [0, 0.1) is 0 Å². The van der Waals surface area contributed by atoms with E-state index in [1.807, 2.05) is 0 Å². The minimum atomic E-state index is -4.74. The van der Waals surface area contributed by atoms with Gasteiger partial charge in [-0.15, -0.1) is 13.2 Å². The monoisotopic (exact) mass is 334 g/mol. The Morgan fingerprint density at radius 1 is 1.16 bits per heavy atom. The number of ether oxygens (including phenoxy) is 2. The lowest BCUT2D eigenvalue weighted by Gasteiger charge is -2.11. The molecule has 100 valence electrons. The van der Waals surface area contributed by atoms with Gasteiger partial charge in [-0.25, -0.2) is 4.98 Å². The highest BCUT2D eigenvalue weighted by Crippen LogP contribution is 2.34. The number of rotatable bonds is 3. The van der Waals surface area contributed by atoms with Crippen LogP contribution in [0.3, 0.4) is 0 Å². The summed E-state index contributed by atoms with van der Waals surface area (Å²) in [6, 6.07) is 3.82. The van der Waals surface area contributed by atoms with Crippen LogP contribution in [-0.2, 0) is 0 Å². The molecule has 2 aromatic rings. The van der Waals surface area contributed by atoms with E-state index in [4.69, 9.17) is 4.74 Å². The Morgan fingerprint density at radius 3 is 2.53 bits per heavy atom. The minimum absolute atomic E-state index is 0.117. The molecule has 0 aliphatic heterocycles. The van der Waals surface area contributed by atoms with E-state index in [0.29, 0.717) is 5.75 Å². The van der Waals surface area contributed by atoms with Crippen LogP contribution in [0.5, 0.6) is 17.4 Å². The molecular weight excluding hydrogens is 329 g/mol. The van der Waals surface area contributed by atoms with Gasteiger partial charge in [-0.1, -0.05) is 0 Å². The molecule has 0 bridgehead atoms. The van der Waals surface area contributed by atoms with Gasteiger partial charge in [0.15, 0.2) is 0 Å². The molecule has 19 heavy (non-hydrogen) atoms. The third-order valence-electron chi connectivity index (χ3n) is 1.89. The third kappa shape index (κ3) is 4.09. The first-order valence-electron chi connectivity index (χ1n) is 4.93. The van der Waals surface area contributed by atoms with Crippen molar-refractivity contribution in [3.8, 4) is 17.4 Å². The summed E-state index contributed by atoms with van der Waals surface area (Å²) < 4.78 is 45.5. The smallest absolute Gasteiger partial charge is 0.437 e. The second-order valence-corrected chi connectivity index (χ2v) is 4.14. The molecule has 0 saturated heterocycles. The summed E-state index contributed by atoms with van der Waals surface area (Å²) in [5.74, 6) is 0.194. The fraction of sp³-hybridized carbons (Fsp3) is 0.0909. The second kappa shape index (κ2) is 5.43. The average molecular weight is 335 g/mol. The molecule has 0 unspecified atom stereocenters. The molecule has 2 rings (SSSR count). The first-order chi connectivity index (χ1) is 8.94. The largest absolute Gasteiger partial charge is 0.573 e. The summed E-state index contributed by atoms with van der Waals surface area (Å²) in [6.45, 7) is 0. The lowest BCUT2D eigenvalue weighted by molar-refractivity contribution is -0.274. The van der Waals surface area contributed by atoms with E-state index in [-0.39, 0.29) is 16.1 Å². The van der Waals surface area contributed by atoms with Gasteiger partial charge in [0.1, 0.15) is 11.5 Å². The van der Waals surface area contributed by atoms with Crippen LogP contribution in [0.15, 0.2) is 41.3 Å². The van der Waals surface area contributed by atoms with Gasteiger partial charge in [-0.2, -0.15) is 0 Å². The van der Waals surface area contributed by atoms with Gasteiger partial charge in [-0.3, -0.25) is 4.98 Å². The maximum Gasteiger partial charge on any atom is 0.573 e. The number of hydrogen-bond donors (Lipinski definition) is 0. The zero-order valence-electron chi connectivity index (χ0n) is 9.19. The van der Waals surface area contributed by atoms with Crippen molar-refractivity contribution in [1.29, 1.82) is 0 Å². The van der Waals surface area contributed by atoms with E-state index in [1.54, 1.807) is 0 Å². The van der Waals surface area contributed by atoms with Crippen LogP contribution in [0.4, 0.5) is 13.2 Å². The summed E-state index contributed by atoms with van der Waals surface area (Å²) in [5, 5.41) is 0. The quantitative estimate of drug-likeness (QED) is 0.853. The van der Waals surface area contributed by atoms with Crippen LogP contribution in [0.2, 0.25) is 0 Å². The number of benzene rings is 1. The van der Waals surface area contributed by atoms with Gasteiger partial charge >= 0.3 is 6.36 Å². The molecule has 0 spiro atoms. The van der Waals surface area contributed by atoms with E-state index in [0.717, 1.165) is 6.07 Å². The molecule has 0 aliphatic rings. The fourth-order valence-electron chi connectivity index (χ4n) is 1.21. The van der Waals surface area contributed by atoms with E-state index < -0.39 is 6.36 Å². The van der Waals surface area contributed by atoms with Crippen molar-refractivity contribution >= 4 is 15.9 Å². The molecule has 0 N–H and O–H groups in total. The Bertz CT molecular complexity index is 564. The molecule has 1 aromatic carbocycles. The highest BCUT2D eigenvalue weighted by molar-refractivity contribution is 9.10. The normalized spacial score (nSPS) is 11.2. The SMILES string of the molecule is FC(F)(F)Oc1ccc(Oc2cnccn2)cc1Br. The summed E-state index contributed by atoms with van der Waals surface area (Å²) >= 11 is 2.97. The number of halogens is 4. The van der Waals surface area contributed by atoms with E-state index in [1.165, 1.54) is 30.7 Å². The van der Waals surface area contributed by atoms with Crippen molar-refractivity contribution in [2.24, 2.45) is 0 Å². The van der Waals surface area contributed by atoms with Crippen molar-refractivity contribution in [2.75, 3.05) is 0 Å². The Kier molecular flexibility index (Phi) is 3.89. The topological polar surface area (TPSA) is 44.2 Å². The van der Waals surface area contributed by atoms with Crippen LogP contribution >= 0.6 is 15.9 Å². The number of hydrogen-bond acceptors (Lipinski definition) is 4. The number of nitrogens with zero attached hydrogens (tertiary/aromatic N) is 2. The summed E-state index contributed by atoms with van der Waals surface area (Å²) in [5.41, 5.74) is 0. The standard InChI is InChI=1S/C11H6BrF3N2O2/c12-8-5-7(18-10-6-16-3-4-17-10)1-2-9(8)19-11(13,14)15/h1-6H. The van der Waals surface area contributed by atoms with Crippen molar-refractivity contribution in [2.45, 2.75) is 6.36 Å². The Balaban J connectivity index is 2.15. The second-order valence-electron chi connectivity index (χ2n) is 3.29. The summed E-state index contributed by atoms with van der Waals surface area (Å²) in [7, 11) is 0. The molecule has 4 nitrogen and oxygen atoms in total. The molecule has 0 saturated carbocycles. The summed E-state index contributed by atoms with van der Waals surface area (Å²) in [4.78, 5) is 7.67. The van der Waals surface area contributed by atoms with Crippen LogP contribution in [0.25, 0.3) is 0 Å². The summed E-state index contributed by atoms with van der Waals surface area (Å²) in [6.07, 6.45) is -0.446. The predicted molar refractivity (Wildman–Crippen MR) is 62.9 cm³/mol. The minimum Gasteiger partial charge on any atom is -0.437 e. The van der Waals surface area contributed by atoms with Gasteiger partial charge < -0.3 is 9.47 Å². The van der Waals surface area contributed by atoms with E-state index in [9.17, 15) is 13.2 Å². The number of alkyl halides is 3. The van der Waals surface area contributed by atoms with Crippen LogP contribution < -0.4 is 9.47 Å². The fourth-order valence-corrected chi connectivity index (χ4v) is 1.65. The molecular formula is C11H6BrF3N2O2. The molecule has 0 amide bonds. The van der Waals surface area contributed by atoms with Gasteiger partial charge in [0.2, 0.25) is 5.88 Å². The zero-order chi connectivity index (χ0) is 13.9. The van der Waals surface area contributed by atoms with Crippen LogP contribution in [-0.4, -0.2) is 16.3 Å². The lowest BCUT2D eigenvalue weighted by Crippen LogP contribution is -2.17. The van der Waals surface area contributed by atoms with Gasteiger partial charge in [0.05, 0.1) is 10.7 Å². The third-order valence-corrected chi connectivity index (χ3v) is 2.51. The predicted octanol–water partition coefficient (Wildman–Crippen LogP) is 3.93. The maximum atomic E-state index is 12.1. The highest BCUT2D eigenvalue weighted by Gasteiger charge is 2.32. The van der Waals surface area contributed by atoms with E-state index in [2.05, 4.69) is 30.6 Å². The average Bonchev–Trinajstić information content (AvgIpc) is 2.33. The van der Waals surface area contributed by atoms with Crippen molar-refractivity contribution in [3.05, 3.63) is 41.3 Å². The number of aromatic nitrogens is 2. The van der Waals surface area contributed by atoms with Gasteiger partial charge in [-0.05, 0) is 34.1 Å². The zero-order valence-corrected chi connectivity index (χ0v) is 10.8. The highest BCUT2D eigenvalue weighted by atomic mass is 79.9. The van der Waals surface area contributed by atoms with Crippen molar-refractivity contribution in [1.82, 2.24) is 9.97 Å². The van der Waals surface area contributed by atoms with Crippen molar-refractivity contribution < 1.29 is 22.6 Å². The Hall–Kier alpha value is -1.83. The molecule has 1 heterocycles. The molecule has 0 radical (unpaired) electrons. The van der Waals surface area contributed by atoms with Crippen LogP contribution in [0.1, 0.15) is 0 Å². The van der Waals surface area contributed by atoms with E-state index >= 15 is 0 Å². The molecule has 8 heteroatoms. The van der Waals surface area contributed by atoms with Gasteiger partial charge in [0, 0.05) is 12.4 Å². The molecule has 0 aliphatic carbocycles. The lowest BCUT2D eigenvalue weighted by atomic mass is 10.3. The molecule has 1 aromatic heterocycles. The first-order valence-corrected chi connectivity index (χ1v) is 5.72. The van der Waals surface area contributed by atoms with Crippen molar-refractivity contribution in [3.63, 3.8) is 0 Å². The first kappa shape index (κ1) is 13.6.